The number of hydrogen-bond acceptors (Lipinski definition) is 0. The lowest BCUT2D eigenvalue weighted by Gasteiger charge is -2.27. The van der Waals surface area contributed by atoms with E-state index in [9.17, 15) is 0 Å². The molecule has 41 heavy (non-hydrogen) atoms. The molecule has 0 radical (unpaired) electrons. The summed E-state index contributed by atoms with van der Waals surface area (Å²) in [6.07, 6.45) is 3.20. The van der Waals surface area contributed by atoms with E-state index < -0.39 is 0 Å². The van der Waals surface area contributed by atoms with Gasteiger partial charge in [0.05, 0.1) is 0 Å². The zero-order chi connectivity index (χ0) is 29.7. The second kappa shape index (κ2) is 10.9. The zero-order valence-corrected chi connectivity index (χ0v) is 27.2. The molecule has 0 spiro atoms. The molecule has 0 N–H and O–H groups in total. The first-order chi connectivity index (χ1) is 19.2. The average Bonchev–Trinajstić information content (AvgIpc) is 3.23. The molecule has 214 valence electrons. The molecule has 0 aromatic heterocycles. The molecule has 1 aliphatic carbocycles. The lowest BCUT2D eigenvalue weighted by molar-refractivity contribution is 0.590. The minimum absolute atomic E-state index is 0.0423. The van der Waals surface area contributed by atoms with Crippen LogP contribution in [0.2, 0.25) is 0 Å². The predicted octanol–water partition coefficient (Wildman–Crippen LogP) is 11.6. The van der Waals surface area contributed by atoms with Crippen LogP contribution in [0.25, 0.3) is 33.4 Å². The third-order valence-corrected chi connectivity index (χ3v) is 8.65. The Bertz CT molecular complexity index is 1440. The Morgan fingerprint density at radius 2 is 0.854 bits per heavy atom. The lowest BCUT2D eigenvalue weighted by atomic mass is 9.77. The lowest BCUT2D eigenvalue weighted by Crippen LogP contribution is -2.14. The van der Waals surface area contributed by atoms with Gasteiger partial charge in [-0.15, -0.1) is 0 Å². The Morgan fingerprint density at radius 1 is 0.488 bits per heavy atom. The monoisotopic (exact) mass is 542 g/mol. The smallest absolute Gasteiger partial charge is 0.00130 e. The van der Waals surface area contributed by atoms with E-state index in [0.717, 1.165) is 19.3 Å². The van der Waals surface area contributed by atoms with Crippen LogP contribution >= 0.6 is 0 Å². The maximum absolute atomic E-state index is 2.54. The highest BCUT2D eigenvalue weighted by Crippen LogP contribution is 2.48. The number of fused-ring (bicyclic) bond motifs is 3. The summed E-state index contributed by atoms with van der Waals surface area (Å²) in [5, 5.41) is 0. The van der Waals surface area contributed by atoms with Crippen molar-refractivity contribution in [2.75, 3.05) is 0 Å². The second-order valence-corrected chi connectivity index (χ2v) is 15.3. The second-order valence-electron chi connectivity index (χ2n) is 15.3. The van der Waals surface area contributed by atoms with Crippen LogP contribution < -0.4 is 0 Å². The molecule has 4 aromatic rings. The topological polar surface area (TPSA) is 0 Å². The fourth-order valence-corrected chi connectivity index (χ4v) is 6.78. The van der Waals surface area contributed by atoms with Crippen molar-refractivity contribution in [3.63, 3.8) is 0 Å². The van der Waals surface area contributed by atoms with Gasteiger partial charge >= 0.3 is 0 Å². The van der Waals surface area contributed by atoms with Gasteiger partial charge in [-0.1, -0.05) is 118 Å². The molecule has 0 amide bonds. The summed E-state index contributed by atoms with van der Waals surface area (Å²) < 4.78 is 0. The van der Waals surface area contributed by atoms with E-state index in [1.807, 2.05) is 0 Å². The van der Waals surface area contributed by atoms with E-state index in [4.69, 9.17) is 0 Å². The van der Waals surface area contributed by atoms with Crippen LogP contribution in [0.4, 0.5) is 0 Å². The Labute approximate surface area is 250 Å². The van der Waals surface area contributed by atoms with Crippen molar-refractivity contribution in [2.45, 2.75) is 99.3 Å². The summed E-state index contributed by atoms with van der Waals surface area (Å²) in [6, 6.07) is 28.4. The third-order valence-electron chi connectivity index (χ3n) is 8.65. The number of rotatable bonds is 6. The van der Waals surface area contributed by atoms with Crippen LogP contribution in [0.1, 0.15) is 103 Å². The van der Waals surface area contributed by atoms with E-state index in [-0.39, 0.29) is 10.8 Å². The summed E-state index contributed by atoms with van der Waals surface area (Å²) in [6.45, 7) is 23.5. The minimum atomic E-state index is 0.0423. The summed E-state index contributed by atoms with van der Waals surface area (Å²) in [5.41, 5.74) is 17.3. The summed E-state index contributed by atoms with van der Waals surface area (Å²) in [5.74, 6) is 1.25. The summed E-state index contributed by atoms with van der Waals surface area (Å²) in [4.78, 5) is 0. The quantitative estimate of drug-likeness (QED) is 0.200. The molecule has 0 saturated carbocycles. The highest BCUT2D eigenvalue weighted by atomic mass is 14.3. The van der Waals surface area contributed by atoms with E-state index >= 15 is 0 Å². The van der Waals surface area contributed by atoms with Gasteiger partial charge in [0.15, 0.2) is 0 Å². The first kappa shape index (κ1) is 29.4. The Balaban J connectivity index is 1.72. The van der Waals surface area contributed by atoms with Crippen molar-refractivity contribution in [3.05, 3.63) is 106 Å². The number of hydrogen-bond donors (Lipinski definition) is 0. The molecule has 1 aliphatic rings. The summed E-state index contributed by atoms with van der Waals surface area (Å²) in [7, 11) is 0. The van der Waals surface area contributed by atoms with Crippen LogP contribution in [0.15, 0.2) is 72.8 Å². The van der Waals surface area contributed by atoms with Gasteiger partial charge in [-0.25, -0.2) is 0 Å². The fourth-order valence-electron chi connectivity index (χ4n) is 6.78. The maximum Gasteiger partial charge on any atom is -0.00130 e. The molecule has 0 heteroatoms. The molecule has 0 nitrogen and oxygen atoms in total. The fraction of sp³-hybridized carbons (Fsp3) is 0.415. The van der Waals surface area contributed by atoms with Crippen molar-refractivity contribution in [1.82, 2.24) is 0 Å². The maximum atomic E-state index is 2.54. The average molecular weight is 543 g/mol. The molecule has 5 rings (SSSR count). The molecule has 0 saturated heterocycles. The van der Waals surface area contributed by atoms with Crippen LogP contribution in [0.5, 0.6) is 0 Å². The van der Waals surface area contributed by atoms with Crippen molar-refractivity contribution >= 4 is 0 Å². The van der Waals surface area contributed by atoms with Gasteiger partial charge in [0, 0.05) is 0 Å². The standard InChI is InChI=1S/C41H50/c1-26(2)19-28-15-11-13-17-32(28)36-22-30-21-31-23-37(33-18-14-12-16-29(33)20-27(3)4)39(41(8,9)10)25-35(31)34(30)24-38(36)40(5,6)7/h11-18,22-27H,19-21H2,1-10H3. The van der Waals surface area contributed by atoms with E-state index in [0.29, 0.717) is 11.8 Å². The molecule has 4 aromatic carbocycles. The Kier molecular flexibility index (Phi) is 7.84. The first-order valence-electron chi connectivity index (χ1n) is 15.8. The Morgan fingerprint density at radius 3 is 1.20 bits per heavy atom. The van der Waals surface area contributed by atoms with Gasteiger partial charge in [-0.05, 0) is 133 Å². The molecule has 0 unspecified atom stereocenters. The predicted molar refractivity (Wildman–Crippen MR) is 180 cm³/mol. The molecule has 0 atom stereocenters. The molecule has 0 aliphatic heterocycles. The van der Waals surface area contributed by atoms with Crippen molar-refractivity contribution in [2.24, 2.45) is 11.8 Å². The first-order valence-corrected chi connectivity index (χ1v) is 15.8. The van der Waals surface area contributed by atoms with E-state index in [1.165, 1.54) is 66.8 Å². The molecular weight excluding hydrogens is 492 g/mol. The number of benzene rings is 4. The van der Waals surface area contributed by atoms with Gasteiger partial charge in [0.1, 0.15) is 0 Å². The SMILES string of the molecule is CC(C)Cc1ccccc1-c1cc2c(cc1C(C)(C)C)-c1cc(C(C)(C)C)c(-c3ccccc3CC(C)C)cc1C2. The van der Waals surface area contributed by atoms with Crippen LogP contribution in [0, 0.1) is 11.8 Å². The largest absolute Gasteiger partial charge is 0.0625 e. The molecular formula is C41H50. The molecule has 0 fully saturated rings. The molecule has 0 heterocycles. The summed E-state index contributed by atoms with van der Waals surface area (Å²) >= 11 is 0. The van der Waals surface area contributed by atoms with Crippen LogP contribution in [0.3, 0.4) is 0 Å². The highest BCUT2D eigenvalue weighted by molar-refractivity contribution is 5.87. The minimum Gasteiger partial charge on any atom is -0.0625 e. The highest BCUT2D eigenvalue weighted by Gasteiger charge is 2.30. The van der Waals surface area contributed by atoms with Crippen LogP contribution in [-0.4, -0.2) is 0 Å². The van der Waals surface area contributed by atoms with Gasteiger partial charge < -0.3 is 0 Å². The zero-order valence-electron chi connectivity index (χ0n) is 27.2. The van der Waals surface area contributed by atoms with Gasteiger partial charge in [0.25, 0.3) is 0 Å². The van der Waals surface area contributed by atoms with E-state index in [2.05, 4.69) is 142 Å². The third kappa shape index (κ3) is 5.94. The van der Waals surface area contributed by atoms with Gasteiger partial charge in [-0.3, -0.25) is 0 Å². The van der Waals surface area contributed by atoms with Gasteiger partial charge in [0.2, 0.25) is 0 Å². The van der Waals surface area contributed by atoms with Crippen LogP contribution in [-0.2, 0) is 30.1 Å². The van der Waals surface area contributed by atoms with Crippen molar-refractivity contribution in [3.8, 4) is 33.4 Å². The molecule has 0 bridgehead atoms. The van der Waals surface area contributed by atoms with Crippen molar-refractivity contribution < 1.29 is 0 Å². The normalized spacial score (nSPS) is 13.2. The Hall–Kier alpha value is -3.12. The van der Waals surface area contributed by atoms with E-state index in [1.54, 1.807) is 0 Å². The van der Waals surface area contributed by atoms with Crippen molar-refractivity contribution in [1.29, 1.82) is 0 Å². The van der Waals surface area contributed by atoms with Gasteiger partial charge in [-0.2, -0.15) is 0 Å².